The zero-order valence-corrected chi connectivity index (χ0v) is 12.3. The quantitative estimate of drug-likeness (QED) is 0.460. The van der Waals surface area contributed by atoms with Crippen molar-refractivity contribution in [3.8, 4) is 0 Å². The van der Waals surface area contributed by atoms with Gasteiger partial charge in [0, 0.05) is 25.7 Å². The van der Waals surface area contributed by atoms with Gasteiger partial charge in [-0.3, -0.25) is 14.9 Å². The SMILES string of the molecule is CSCCCN(C)C(=O)c1ccc([N+](=O)[O-])cc1Cl. The molecule has 0 saturated heterocycles. The summed E-state index contributed by atoms with van der Waals surface area (Å²) in [6.07, 6.45) is 2.91. The molecule has 0 aliphatic rings. The van der Waals surface area contributed by atoms with Gasteiger partial charge in [-0.05, 0) is 24.5 Å². The molecule has 1 aromatic rings. The molecule has 0 atom stereocenters. The molecular formula is C12H15ClN2O3S. The van der Waals surface area contributed by atoms with Gasteiger partial charge in [0.05, 0.1) is 15.5 Å². The van der Waals surface area contributed by atoms with Gasteiger partial charge in [0.25, 0.3) is 11.6 Å². The Morgan fingerprint density at radius 2 is 2.21 bits per heavy atom. The lowest BCUT2D eigenvalue weighted by Gasteiger charge is -2.17. The largest absolute Gasteiger partial charge is 0.342 e. The molecule has 1 amide bonds. The molecule has 0 saturated carbocycles. The molecule has 0 spiro atoms. The summed E-state index contributed by atoms with van der Waals surface area (Å²) < 4.78 is 0. The van der Waals surface area contributed by atoms with Crippen LogP contribution in [-0.4, -0.2) is 41.3 Å². The maximum absolute atomic E-state index is 12.1. The predicted octanol–water partition coefficient (Wildman–Crippen LogP) is 3.07. The van der Waals surface area contributed by atoms with E-state index in [0.717, 1.165) is 12.2 Å². The second-order valence-corrected chi connectivity index (χ2v) is 5.39. The summed E-state index contributed by atoms with van der Waals surface area (Å²) in [7, 11) is 1.69. The second kappa shape index (κ2) is 7.35. The van der Waals surface area contributed by atoms with E-state index in [9.17, 15) is 14.9 Å². The molecule has 7 heteroatoms. The first kappa shape index (κ1) is 15.8. The Hall–Kier alpha value is -1.27. The van der Waals surface area contributed by atoms with Gasteiger partial charge in [-0.15, -0.1) is 0 Å². The van der Waals surface area contributed by atoms with Crippen LogP contribution < -0.4 is 0 Å². The van der Waals surface area contributed by atoms with Crippen molar-refractivity contribution >= 4 is 35.0 Å². The Labute approximate surface area is 121 Å². The minimum Gasteiger partial charge on any atom is -0.342 e. The van der Waals surface area contributed by atoms with Crippen LogP contribution in [0.5, 0.6) is 0 Å². The molecule has 0 unspecified atom stereocenters. The number of benzene rings is 1. The fourth-order valence-corrected chi connectivity index (χ4v) is 2.22. The lowest BCUT2D eigenvalue weighted by atomic mass is 10.2. The van der Waals surface area contributed by atoms with Gasteiger partial charge < -0.3 is 4.90 Å². The highest BCUT2D eigenvalue weighted by Crippen LogP contribution is 2.23. The van der Waals surface area contributed by atoms with Crippen LogP contribution in [0.25, 0.3) is 0 Å². The number of halogens is 1. The Kier molecular flexibility index (Phi) is 6.11. The number of amides is 1. The van der Waals surface area contributed by atoms with Crippen molar-refractivity contribution in [2.75, 3.05) is 25.6 Å². The number of hydrogen-bond acceptors (Lipinski definition) is 4. The predicted molar refractivity (Wildman–Crippen MR) is 78.1 cm³/mol. The van der Waals surface area contributed by atoms with Crippen molar-refractivity contribution in [1.29, 1.82) is 0 Å². The topological polar surface area (TPSA) is 63.5 Å². The number of nitrogens with zero attached hydrogens (tertiary/aromatic N) is 2. The third-order valence-corrected chi connectivity index (χ3v) is 3.59. The van der Waals surface area contributed by atoms with Gasteiger partial charge in [0.15, 0.2) is 0 Å². The number of thioether (sulfide) groups is 1. The molecule has 1 aromatic carbocycles. The van der Waals surface area contributed by atoms with Gasteiger partial charge in [0.2, 0.25) is 0 Å². The zero-order chi connectivity index (χ0) is 14.4. The van der Waals surface area contributed by atoms with Gasteiger partial charge in [-0.1, -0.05) is 11.6 Å². The summed E-state index contributed by atoms with van der Waals surface area (Å²) in [6.45, 7) is 0.632. The minimum absolute atomic E-state index is 0.107. The maximum Gasteiger partial charge on any atom is 0.270 e. The lowest BCUT2D eigenvalue weighted by molar-refractivity contribution is -0.384. The van der Waals surface area contributed by atoms with E-state index in [1.54, 1.807) is 23.7 Å². The van der Waals surface area contributed by atoms with Gasteiger partial charge in [-0.2, -0.15) is 11.8 Å². The zero-order valence-electron chi connectivity index (χ0n) is 10.8. The van der Waals surface area contributed by atoms with E-state index in [4.69, 9.17) is 11.6 Å². The highest BCUT2D eigenvalue weighted by molar-refractivity contribution is 7.98. The minimum atomic E-state index is -0.539. The first-order valence-corrected chi connectivity index (χ1v) is 7.43. The Morgan fingerprint density at radius 3 is 2.74 bits per heavy atom. The van der Waals surface area contributed by atoms with E-state index in [2.05, 4.69) is 0 Å². The van der Waals surface area contributed by atoms with Crippen LogP contribution in [0.15, 0.2) is 18.2 Å². The van der Waals surface area contributed by atoms with Crippen molar-refractivity contribution in [2.24, 2.45) is 0 Å². The lowest BCUT2D eigenvalue weighted by Crippen LogP contribution is -2.28. The Balaban J connectivity index is 2.79. The molecule has 0 aliphatic heterocycles. The smallest absolute Gasteiger partial charge is 0.270 e. The highest BCUT2D eigenvalue weighted by atomic mass is 35.5. The normalized spacial score (nSPS) is 10.3. The Morgan fingerprint density at radius 1 is 1.53 bits per heavy atom. The third kappa shape index (κ3) is 4.40. The molecule has 0 bridgehead atoms. The molecule has 0 radical (unpaired) electrons. The monoisotopic (exact) mass is 302 g/mol. The fourth-order valence-electron chi connectivity index (χ4n) is 1.54. The number of rotatable bonds is 6. The summed E-state index contributed by atoms with van der Waals surface area (Å²) in [5.41, 5.74) is 0.172. The summed E-state index contributed by atoms with van der Waals surface area (Å²) in [4.78, 5) is 23.7. The average molecular weight is 303 g/mol. The summed E-state index contributed by atoms with van der Waals surface area (Å²) in [5, 5.41) is 10.7. The van der Waals surface area contributed by atoms with Gasteiger partial charge in [0.1, 0.15) is 0 Å². The Bertz CT molecular complexity index is 482. The number of nitro benzene ring substituents is 1. The van der Waals surface area contributed by atoms with Gasteiger partial charge in [-0.25, -0.2) is 0 Å². The molecule has 0 aliphatic carbocycles. The third-order valence-electron chi connectivity index (χ3n) is 2.58. The molecule has 5 nitrogen and oxygen atoms in total. The van der Waals surface area contributed by atoms with Crippen molar-refractivity contribution in [1.82, 2.24) is 4.90 Å². The van der Waals surface area contributed by atoms with Crippen molar-refractivity contribution in [2.45, 2.75) is 6.42 Å². The molecule has 1 rings (SSSR count). The van der Waals surface area contributed by atoms with E-state index < -0.39 is 4.92 Å². The molecule has 0 heterocycles. The van der Waals surface area contributed by atoms with Crippen LogP contribution in [0.1, 0.15) is 16.8 Å². The molecule has 19 heavy (non-hydrogen) atoms. The molecule has 0 fully saturated rings. The van der Waals surface area contributed by atoms with Crippen molar-refractivity contribution in [3.63, 3.8) is 0 Å². The van der Waals surface area contributed by atoms with E-state index >= 15 is 0 Å². The first-order valence-electron chi connectivity index (χ1n) is 5.65. The van der Waals surface area contributed by atoms with Crippen molar-refractivity contribution in [3.05, 3.63) is 38.9 Å². The first-order chi connectivity index (χ1) is 8.97. The second-order valence-electron chi connectivity index (χ2n) is 3.99. The van der Waals surface area contributed by atoms with Crippen LogP contribution in [0, 0.1) is 10.1 Å². The number of non-ortho nitro benzene ring substituents is 1. The van der Waals surface area contributed by atoms with Crippen molar-refractivity contribution < 1.29 is 9.72 Å². The van der Waals surface area contributed by atoms with E-state index in [0.29, 0.717) is 12.1 Å². The summed E-state index contributed by atoms with van der Waals surface area (Å²) >= 11 is 7.64. The van der Waals surface area contributed by atoms with E-state index in [1.807, 2.05) is 6.26 Å². The average Bonchev–Trinajstić information content (AvgIpc) is 2.37. The van der Waals surface area contributed by atoms with E-state index in [-0.39, 0.29) is 16.6 Å². The molecule has 0 N–H and O–H groups in total. The number of carbonyl (C=O) groups is 1. The number of hydrogen-bond donors (Lipinski definition) is 0. The van der Waals surface area contributed by atoms with Crippen LogP contribution in [-0.2, 0) is 0 Å². The highest BCUT2D eigenvalue weighted by Gasteiger charge is 2.17. The van der Waals surface area contributed by atoms with Crippen LogP contribution in [0.4, 0.5) is 5.69 Å². The molecule has 104 valence electrons. The molecule has 0 aromatic heterocycles. The summed E-state index contributed by atoms with van der Waals surface area (Å²) in [6, 6.07) is 3.88. The van der Waals surface area contributed by atoms with E-state index in [1.165, 1.54) is 18.2 Å². The van der Waals surface area contributed by atoms with Gasteiger partial charge >= 0.3 is 0 Å². The number of carbonyl (C=O) groups excluding carboxylic acids is 1. The van der Waals surface area contributed by atoms with Crippen LogP contribution in [0.3, 0.4) is 0 Å². The van der Waals surface area contributed by atoms with Crippen LogP contribution >= 0.6 is 23.4 Å². The maximum atomic E-state index is 12.1. The van der Waals surface area contributed by atoms with Crippen LogP contribution in [0.2, 0.25) is 5.02 Å². The molecular weight excluding hydrogens is 288 g/mol. The summed E-state index contributed by atoms with van der Waals surface area (Å²) in [5.74, 6) is 0.756. The fraction of sp³-hybridized carbons (Fsp3) is 0.417. The number of nitro groups is 1. The standard InChI is InChI=1S/C12H15ClN2O3S/c1-14(6-3-7-19-2)12(16)10-5-4-9(15(17)18)8-11(10)13/h4-5,8H,3,6-7H2,1-2H3.